The maximum absolute atomic E-state index is 12.5. The molecule has 2 fully saturated rings. The minimum atomic E-state index is -0.325. The van der Waals surface area contributed by atoms with Crippen molar-refractivity contribution in [3.05, 3.63) is 18.0 Å². The number of nitrogens with zero attached hydrogens (tertiary/aromatic N) is 3. The van der Waals surface area contributed by atoms with Crippen molar-refractivity contribution in [2.75, 3.05) is 20.1 Å². The average Bonchev–Trinajstić information content (AvgIpc) is 3.20. The van der Waals surface area contributed by atoms with Crippen molar-refractivity contribution in [3.8, 4) is 0 Å². The number of rotatable bonds is 5. The monoisotopic (exact) mass is 305 g/mol. The quantitative estimate of drug-likeness (QED) is 0.845. The Hall–Kier alpha value is -1.40. The SMILES string of the molecule is CNC(C(=O)NC1CCN(C2CCCC2)C1)c1cnn(C)c1. The van der Waals surface area contributed by atoms with Crippen LogP contribution in [0.3, 0.4) is 0 Å². The van der Waals surface area contributed by atoms with E-state index >= 15 is 0 Å². The molecule has 3 rings (SSSR count). The van der Waals surface area contributed by atoms with E-state index in [-0.39, 0.29) is 18.0 Å². The number of hydrogen-bond acceptors (Lipinski definition) is 4. The molecular weight excluding hydrogens is 278 g/mol. The van der Waals surface area contributed by atoms with E-state index in [1.165, 1.54) is 25.7 Å². The van der Waals surface area contributed by atoms with Crippen LogP contribution in [0.25, 0.3) is 0 Å². The van der Waals surface area contributed by atoms with Crippen LogP contribution < -0.4 is 10.6 Å². The summed E-state index contributed by atoms with van der Waals surface area (Å²) >= 11 is 0. The van der Waals surface area contributed by atoms with Crippen molar-refractivity contribution in [1.29, 1.82) is 0 Å². The highest BCUT2D eigenvalue weighted by Crippen LogP contribution is 2.26. The topological polar surface area (TPSA) is 62.2 Å². The predicted octanol–water partition coefficient (Wildman–Crippen LogP) is 0.814. The molecule has 0 radical (unpaired) electrons. The second-order valence-corrected chi connectivity index (χ2v) is 6.60. The molecule has 2 atom stereocenters. The Bertz CT molecular complexity index is 508. The zero-order valence-corrected chi connectivity index (χ0v) is 13.6. The summed E-state index contributed by atoms with van der Waals surface area (Å²) in [5.41, 5.74) is 0.910. The van der Waals surface area contributed by atoms with E-state index in [1.807, 2.05) is 20.3 Å². The van der Waals surface area contributed by atoms with Crippen molar-refractivity contribution in [1.82, 2.24) is 25.3 Å². The Morgan fingerprint density at radius 2 is 2.14 bits per heavy atom. The van der Waals surface area contributed by atoms with Gasteiger partial charge < -0.3 is 10.6 Å². The van der Waals surface area contributed by atoms with Crippen LogP contribution in [-0.2, 0) is 11.8 Å². The van der Waals surface area contributed by atoms with Gasteiger partial charge in [0, 0.05) is 44.0 Å². The Labute approximate surface area is 132 Å². The summed E-state index contributed by atoms with van der Waals surface area (Å²) in [7, 11) is 3.68. The number of nitrogens with one attached hydrogen (secondary N) is 2. The van der Waals surface area contributed by atoms with E-state index in [0.717, 1.165) is 31.1 Å². The lowest BCUT2D eigenvalue weighted by Crippen LogP contribution is -2.43. The van der Waals surface area contributed by atoms with E-state index in [9.17, 15) is 4.79 Å². The standard InChI is InChI=1S/C16H27N5O/c1-17-15(12-9-18-20(2)10-12)16(22)19-13-7-8-21(11-13)14-5-3-4-6-14/h9-10,13-15,17H,3-8,11H2,1-2H3,(H,19,22). The first-order valence-electron chi connectivity index (χ1n) is 8.37. The van der Waals surface area contributed by atoms with Gasteiger partial charge in [-0.15, -0.1) is 0 Å². The molecule has 22 heavy (non-hydrogen) atoms. The predicted molar refractivity (Wildman–Crippen MR) is 85.4 cm³/mol. The van der Waals surface area contributed by atoms with E-state index in [4.69, 9.17) is 0 Å². The van der Waals surface area contributed by atoms with Crippen molar-refractivity contribution < 1.29 is 4.79 Å². The third-order valence-corrected chi connectivity index (χ3v) is 5.02. The summed E-state index contributed by atoms with van der Waals surface area (Å²) in [6, 6.07) is 0.704. The lowest BCUT2D eigenvalue weighted by molar-refractivity contribution is -0.123. The molecule has 6 nitrogen and oxygen atoms in total. The van der Waals surface area contributed by atoms with Gasteiger partial charge in [-0.25, -0.2) is 0 Å². The van der Waals surface area contributed by atoms with Crippen LogP contribution in [0.5, 0.6) is 0 Å². The molecular formula is C16H27N5O. The highest BCUT2D eigenvalue weighted by Gasteiger charge is 2.32. The fourth-order valence-corrected chi connectivity index (χ4v) is 3.83. The van der Waals surface area contributed by atoms with Crippen molar-refractivity contribution in [2.24, 2.45) is 7.05 Å². The molecule has 2 N–H and O–H groups in total. The molecule has 0 spiro atoms. The van der Waals surface area contributed by atoms with Gasteiger partial charge in [-0.2, -0.15) is 5.10 Å². The van der Waals surface area contributed by atoms with Crippen molar-refractivity contribution in [2.45, 2.75) is 50.2 Å². The molecule has 1 aliphatic carbocycles. The molecule has 122 valence electrons. The van der Waals surface area contributed by atoms with Gasteiger partial charge in [-0.1, -0.05) is 12.8 Å². The number of carbonyl (C=O) groups is 1. The lowest BCUT2D eigenvalue weighted by atomic mass is 10.1. The molecule has 1 amide bonds. The van der Waals surface area contributed by atoms with E-state index in [2.05, 4.69) is 20.6 Å². The Kier molecular flexibility index (Phi) is 4.78. The number of amides is 1. The molecule has 1 aliphatic heterocycles. The van der Waals surface area contributed by atoms with Gasteiger partial charge in [0.25, 0.3) is 0 Å². The zero-order valence-electron chi connectivity index (χ0n) is 13.6. The maximum atomic E-state index is 12.5. The number of aryl methyl sites for hydroxylation is 1. The first-order valence-corrected chi connectivity index (χ1v) is 8.37. The van der Waals surface area contributed by atoms with Crippen molar-refractivity contribution >= 4 is 5.91 Å². The van der Waals surface area contributed by atoms with Gasteiger partial charge in [0.1, 0.15) is 6.04 Å². The highest BCUT2D eigenvalue weighted by atomic mass is 16.2. The summed E-state index contributed by atoms with van der Waals surface area (Å²) in [6.07, 6.45) is 10.1. The van der Waals surface area contributed by atoms with E-state index in [0.29, 0.717) is 0 Å². The number of likely N-dealkylation sites (tertiary alicyclic amines) is 1. The first kappa shape index (κ1) is 15.5. The summed E-state index contributed by atoms with van der Waals surface area (Å²) in [4.78, 5) is 15.1. The van der Waals surface area contributed by atoms with Gasteiger partial charge in [0.05, 0.1) is 6.20 Å². The van der Waals surface area contributed by atoms with Gasteiger partial charge >= 0.3 is 0 Å². The third kappa shape index (κ3) is 3.33. The molecule has 2 aliphatic rings. The minimum absolute atomic E-state index is 0.0498. The smallest absolute Gasteiger partial charge is 0.242 e. The maximum Gasteiger partial charge on any atom is 0.242 e. The van der Waals surface area contributed by atoms with Crippen LogP contribution in [0.2, 0.25) is 0 Å². The summed E-state index contributed by atoms with van der Waals surface area (Å²) in [5.74, 6) is 0.0498. The zero-order chi connectivity index (χ0) is 15.5. The number of aromatic nitrogens is 2. The second kappa shape index (κ2) is 6.79. The Balaban J connectivity index is 1.54. The van der Waals surface area contributed by atoms with Crippen LogP contribution in [0.4, 0.5) is 0 Å². The summed E-state index contributed by atoms with van der Waals surface area (Å²) < 4.78 is 1.73. The molecule has 2 unspecified atom stereocenters. The molecule has 0 bridgehead atoms. The minimum Gasteiger partial charge on any atom is -0.350 e. The van der Waals surface area contributed by atoms with Gasteiger partial charge in [0.2, 0.25) is 5.91 Å². The van der Waals surface area contributed by atoms with Crippen LogP contribution in [-0.4, -0.2) is 52.8 Å². The van der Waals surface area contributed by atoms with E-state index < -0.39 is 0 Å². The molecule has 2 heterocycles. The Morgan fingerprint density at radius 3 is 2.77 bits per heavy atom. The average molecular weight is 305 g/mol. The Morgan fingerprint density at radius 1 is 1.36 bits per heavy atom. The fraction of sp³-hybridized carbons (Fsp3) is 0.750. The molecule has 0 aromatic carbocycles. The van der Waals surface area contributed by atoms with Gasteiger partial charge in [-0.05, 0) is 26.3 Å². The normalized spacial score (nSPS) is 24.7. The lowest BCUT2D eigenvalue weighted by Gasteiger charge is -2.24. The summed E-state index contributed by atoms with van der Waals surface area (Å²) in [6.45, 7) is 2.12. The van der Waals surface area contributed by atoms with Crippen LogP contribution in [0.15, 0.2) is 12.4 Å². The number of hydrogen-bond donors (Lipinski definition) is 2. The first-order chi connectivity index (χ1) is 10.7. The van der Waals surface area contributed by atoms with Crippen LogP contribution in [0, 0.1) is 0 Å². The third-order valence-electron chi connectivity index (χ3n) is 5.02. The van der Waals surface area contributed by atoms with Crippen LogP contribution >= 0.6 is 0 Å². The highest BCUT2D eigenvalue weighted by molar-refractivity contribution is 5.83. The van der Waals surface area contributed by atoms with Crippen molar-refractivity contribution in [3.63, 3.8) is 0 Å². The van der Waals surface area contributed by atoms with Gasteiger partial charge in [-0.3, -0.25) is 14.4 Å². The second-order valence-electron chi connectivity index (χ2n) is 6.60. The van der Waals surface area contributed by atoms with E-state index in [1.54, 1.807) is 10.9 Å². The summed E-state index contributed by atoms with van der Waals surface area (Å²) in [5, 5.41) is 10.5. The molecule has 1 aromatic heterocycles. The number of likely N-dealkylation sites (N-methyl/N-ethyl adjacent to an activating group) is 1. The van der Waals surface area contributed by atoms with Crippen LogP contribution in [0.1, 0.15) is 43.7 Å². The molecule has 6 heteroatoms. The van der Waals surface area contributed by atoms with Gasteiger partial charge in [0.15, 0.2) is 0 Å². The number of carbonyl (C=O) groups excluding carboxylic acids is 1. The molecule has 1 aromatic rings. The fourth-order valence-electron chi connectivity index (χ4n) is 3.83. The largest absolute Gasteiger partial charge is 0.350 e. The molecule has 1 saturated heterocycles. The molecule has 1 saturated carbocycles.